The van der Waals surface area contributed by atoms with E-state index in [1.165, 1.54) is 12.1 Å². The Hall–Kier alpha value is -1.43. The van der Waals surface area contributed by atoms with Crippen molar-refractivity contribution in [1.29, 1.82) is 0 Å². The van der Waals surface area contributed by atoms with Gasteiger partial charge in [-0.15, -0.1) is 0 Å². The first-order valence-corrected chi connectivity index (χ1v) is 8.01. The third-order valence-electron chi connectivity index (χ3n) is 3.23. The number of halogens is 1. The minimum Gasteiger partial charge on any atom is -0.356 e. The average molecular weight is 285 g/mol. The van der Waals surface area contributed by atoms with Gasteiger partial charge in [0.15, 0.2) is 9.84 Å². The molecule has 19 heavy (non-hydrogen) atoms. The van der Waals surface area contributed by atoms with E-state index in [2.05, 4.69) is 5.32 Å². The molecule has 0 bridgehead atoms. The Kier molecular flexibility index (Phi) is 4.19. The van der Waals surface area contributed by atoms with Crippen molar-refractivity contribution in [3.05, 3.63) is 35.6 Å². The van der Waals surface area contributed by atoms with Crippen molar-refractivity contribution in [3.63, 3.8) is 0 Å². The van der Waals surface area contributed by atoms with E-state index in [1.54, 1.807) is 12.1 Å². The highest BCUT2D eigenvalue weighted by Gasteiger charge is 2.32. The van der Waals surface area contributed by atoms with Gasteiger partial charge in [-0.3, -0.25) is 4.79 Å². The number of rotatable bonds is 4. The molecular formula is C13H16FNO3S. The van der Waals surface area contributed by atoms with Gasteiger partial charge in [0.1, 0.15) is 5.82 Å². The second-order valence-electron chi connectivity index (χ2n) is 4.77. The first-order valence-electron chi connectivity index (χ1n) is 6.19. The van der Waals surface area contributed by atoms with Crippen LogP contribution in [0.5, 0.6) is 0 Å². The van der Waals surface area contributed by atoms with E-state index >= 15 is 0 Å². The molecule has 1 aromatic carbocycles. The van der Waals surface area contributed by atoms with Gasteiger partial charge in [0.05, 0.1) is 17.4 Å². The van der Waals surface area contributed by atoms with Gasteiger partial charge < -0.3 is 5.32 Å². The highest BCUT2D eigenvalue weighted by molar-refractivity contribution is 7.91. The Labute approximate surface area is 111 Å². The van der Waals surface area contributed by atoms with Crippen molar-refractivity contribution in [3.8, 4) is 0 Å². The Bertz CT molecular complexity index is 554. The van der Waals surface area contributed by atoms with Crippen LogP contribution >= 0.6 is 0 Å². The minimum absolute atomic E-state index is 0.0462. The van der Waals surface area contributed by atoms with Gasteiger partial charge >= 0.3 is 0 Å². The maximum atomic E-state index is 12.7. The van der Waals surface area contributed by atoms with Gasteiger partial charge in [-0.1, -0.05) is 12.1 Å². The van der Waals surface area contributed by atoms with Gasteiger partial charge in [0.25, 0.3) is 0 Å². The quantitative estimate of drug-likeness (QED) is 0.894. The van der Waals surface area contributed by atoms with Gasteiger partial charge in [0, 0.05) is 6.54 Å². The molecule has 0 aromatic heterocycles. The van der Waals surface area contributed by atoms with Gasteiger partial charge in [-0.25, -0.2) is 12.8 Å². The summed E-state index contributed by atoms with van der Waals surface area (Å²) < 4.78 is 35.2. The first kappa shape index (κ1) is 14.0. The number of nitrogens with one attached hydrogen (secondary N) is 1. The standard InChI is InChI=1S/C13H16FNO3S/c14-12-3-1-10(2-4-12)5-7-15-13(16)11-6-8-19(17,18)9-11/h1-4,11H,5-9H2,(H,15,16)/t11-/m1/s1. The highest BCUT2D eigenvalue weighted by atomic mass is 32.2. The summed E-state index contributed by atoms with van der Waals surface area (Å²) in [5, 5.41) is 2.73. The zero-order valence-electron chi connectivity index (χ0n) is 10.4. The van der Waals surface area contributed by atoms with Crippen LogP contribution < -0.4 is 5.32 Å². The van der Waals surface area contributed by atoms with E-state index < -0.39 is 15.8 Å². The molecule has 1 aliphatic rings. The molecular weight excluding hydrogens is 269 g/mol. The van der Waals surface area contributed by atoms with Crippen LogP contribution in [0.2, 0.25) is 0 Å². The fourth-order valence-corrected chi connectivity index (χ4v) is 3.87. The topological polar surface area (TPSA) is 63.2 Å². The molecule has 0 spiro atoms. The van der Waals surface area contributed by atoms with Crippen LogP contribution in [-0.4, -0.2) is 32.4 Å². The Morgan fingerprint density at radius 3 is 2.58 bits per heavy atom. The molecule has 2 rings (SSSR count). The largest absolute Gasteiger partial charge is 0.356 e. The van der Waals surface area contributed by atoms with Crippen LogP contribution in [0.15, 0.2) is 24.3 Å². The molecule has 0 radical (unpaired) electrons. The lowest BCUT2D eigenvalue weighted by atomic mass is 10.1. The summed E-state index contributed by atoms with van der Waals surface area (Å²) in [6.45, 7) is 0.432. The predicted octanol–water partition coefficient (Wildman–Crippen LogP) is 0.919. The third kappa shape index (κ3) is 4.02. The molecule has 1 amide bonds. The fourth-order valence-electron chi connectivity index (χ4n) is 2.13. The van der Waals surface area contributed by atoms with Crippen molar-refractivity contribution in [2.45, 2.75) is 12.8 Å². The van der Waals surface area contributed by atoms with E-state index in [0.717, 1.165) is 5.56 Å². The lowest BCUT2D eigenvalue weighted by Gasteiger charge is -2.09. The monoisotopic (exact) mass is 285 g/mol. The summed E-state index contributed by atoms with van der Waals surface area (Å²) in [5.41, 5.74) is 0.931. The molecule has 0 aliphatic carbocycles. The van der Waals surface area contributed by atoms with Crippen LogP contribution in [-0.2, 0) is 21.1 Å². The molecule has 0 saturated carbocycles. The summed E-state index contributed by atoms with van der Waals surface area (Å²) in [4.78, 5) is 11.7. The molecule has 1 N–H and O–H groups in total. The zero-order valence-corrected chi connectivity index (χ0v) is 11.2. The lowest BCUT2D eigenvalue weighted by molar-refractivity contribution is -0.124. The summed E-state index contributed by atoms with van der Waals surface area (Å²) in [6, 6.07) is 6.09. The molecule has 1 fully saturated rings. The van der Waals surface area contributed by atoms with Crippen molar-refractivity contribution in [1.82, 2.24) is 5.32 Å². The average Bonchev–Trinajstić information content (AvgIpc) is 2.72. The number of amides is 1. The van der Waals surface area contributed by atoms with E-state index in [0.29, 0.717) is 19.4 Å². The maximum Gasteiger partial charge on any atom is 0.224 e. The summed E-state index contributed by atoms with van der Waals surface area (Å²) in [6.07, 6.45) is 1.01. The second-order valence-corrected chi connectivity index (χ2v) is 7.00. The number of benzene rings is 1. The fraction of sp³-hybridized carbons (Fsp3) is 0.462. The number of hydrogen-bond acceptors (Lipinski definition) is 3. The van der Waals surface area contributed by atoms with Crippen LogP contribution in [0.1, 0.15) is 12.0 Å². The summed E-state index contributed by atoms with van der Waals surface area (Å²) >= 11 is 0. The van der Waals surface area contributed by atoms with Crippen LogP contribution in [0.3, 0.4) is 0 Å². The van der Waals surface area contributed by atoms with E-state index in [1.807, 2.05) is 0 Å². The molecule has 1 saturated heterocycles. The third-order valence-corrected chi connectivity index (χ3v) is 5.00. The first-order chi connectivity index (χ1) is 8.96. The summed E-state index contributed by atoms with van der Waals surface area (Å²) in [7, 11) is -3.02. The normalized spacial score (nSPS) is 21.2. The van der Waals surface area contributed by atoms with E-state index in [9.17, 15) is 17.6 Å². The van der Waals surface area contributed by atoms with Crippen molar-refractivity contribution in [2.75, 3.05) is 18.1 Å². The van der Waals surface area contributed by atoms with Gasteiger partial charge in [-0.05, 0) is 30.5 Å². The Balaban J connectivity index is 1.77. The zero-order chi connectivity index (χ0) is 13.9. The molecule has 1 aliphatic heterocycles. The summed E-state index contributed by atoms with van der Waals surface area (Å²) in [5.74, 6) is -0.858. The smallest absolute Gasteiger partial charge is 0.224 e. The molecule has 1 atom stereocenters. The van der Waals surface area contributed by atoms with Gasteiger partial charge in [-0.2, -0.15) is 0 Å². The van der Waals surface area contributed by atoms with Crippen LogP contribution in [0.4, 0.5) is 4.39 Å². The Morgan fingerprint density at radius 1 is 1.32 bits per heavy atom. The van der Waals surface area contributed by atoms with Crippen molar-refractivity contribution >= 4 is 15.7 Å². The number of carbonyl (C=O) groups excluding carboxylic acids is 1. The van der Waals surface area contributed by atoms with Crippen molar-refractivity contribution < 1.29 is 17.6 Å². The van der Waals surface area contributed by atoms with E-state index in [-0.39, 0.29) is 23.2 Å². The van der Waals surface area contributed by atoms with E-state index in [4.69, 9.17) is 0 Å². The number of hydrogen-bond donors (Lipinski definition) is 1. The maximum absolute atomic E-state index is 12.7. The molecule has 6 heteroatoms. The second kappa shape index (κ2) is 5.69. The minimum atomic E-state index is -3.02. The SMILES string of the molecule is O=C(NCCc1ccc(F)cc1)[C@@H]1CCS(=O)(=O)C1. The molecule has 1 aromatic rings. The van der Waals surface area contributed by atoms with Crippen LogP contribution in [0.25, 0.3) is 0 Å². The Morgan fingerprint density at radius 2 is 2.00 bits per heavy atom. The van der Waals surface area contributed by atoms with Crippen molar-refractivity contribution in [2.24, 2.45) is 5.92 Å². The number of carbonyl (C=O) groups is 1. The molecule has 1 heterocycles. The molecule has 4 nitrogen and oxygen atoms in total. The molecule has 0 unspecified atom stereocenters. The number of sulfone groups is 1. The predicted molar refractivity (Wildman–Crippen MR) is 69.9 cm³/mol. The van der Waals surface area contributed by atoms with Gasteiger partial charge in [0.2, 0.25) is 5.91 Å². The molecule has 104 valence electrons. The lowest BCUT2D eigenvalue weighted by Crippen LogP contribution is -2.32. The van der Waals surface area contributed by atoms with Crippen LogP contribution in [0, 0.1) is 11.7 Å². The highest BCUT2D eigenvalue weighted by Crippen LogP contribution is 2.18.